The SMILES string of the molecule is O=C(Nc1ccccc1C(=O)N1CCCCC1)c1ccc(-n2cncn2)c([N+](=O)[O-])c1. The molecule has 0 aliphatic carbocycles. The number of rotatable bonds is 5. The number of hydrogen-bond donors (Lipinski definition) is 1. The highest BCUT2D eigenvalue weighted by molar-refractivity contribution is 6.09. The summed E-state index contributed by atoms with van der Waals surface area (Å²) < 4.78 is 1.26. The quantitative estimate of drug-likeness (QED) is 0.500. The van der Waals surface area contributed by atoms with Crippen LogP contribution >= 0.6 is 0 Å². The number of para-hydroxylation sites is 1. The third-order valence-corrected chi connectivity index (χ3v) is 5.15. The summed E-state index contributed by atoms with van der Waals surface area (Å²) in [6, 6.07) is 10.9. The fourth-order valence-corrected chi connectivity index (χ4v) is 3.58. The first-order valence-corrected chi connectivity index (χ1v) is 9.87. The molecule has 10 heteroatoms. The van der Waals surface area contributed by atoms with Gasteiger partial charge in [0, 0.05) is 24.7 Å². The van der Waals surface area contributed by atoms with E-state index in [0.29, 0.717) is 24.3 Å². The number of aromatic nitrogens is 3. The van der Waals surface area contributed by atoms with Crippen LogP contribution in [-0.2, 0) is 0 Å². The van der Waals surface area contributed by atoms with Crippen LogP contribution in [-0.4, -0.2) is 49.5 Å². The van der Waals surface area contributed by atoms with E-state index in [4.69, 9.17) is 0 Å². The first-order valence-electron chi connectivity index (χ1n) is 9.87. The van der Waals surface area contributed by atoms with Crippen LogP contribution in [0.1, 0.15) is 40.0 Å². The lowest BCUT2D eigenvalue weighted by atomic mass is 10.1. The summed E-state index contributed by atoms with van der Waals surface area (Å²) in [6.45, 7) is 1.38. The second-order valence-corrected chi connectivity index (χ2v) is 7.15. The molecule has 0 atom stereocenters. The van der Waals surface area contributed by atoms with Crippen molar-refractivity contribution >= 4 is 23.2 Å². The van der Waals surface area contributed by atoms with E-state index in [1.807, 2.05) is 0 Å². The van der Waals surface area contributed by atoms with Gasteiger partial charge in [-0.2, -0.15) is 5.10 Å². The third-order valence-electron chi connectivity index (χ3n) is 5.15. The monoisotopic (exact) mass is 420 g/mol. The fourth-order valence-electron chi connectivity index (χ4n) is 3.58. The number of amides is 2. The Labute approximate surface area is 177 Å². The minimum absolute atomic E-state index is 0.0933. The summed E-state index contributed by atoms with van der Waals surface area (Å²) in [6.07, 6.45) is 5.63. The highest BCUT2D eigenvalue weighted by Gasteiger charge is 2.23. The fraction of sp³-hybridized carbons (Fsp3) is 0.238. The standard InChI is InChI=1S/C21H20N6O4/c28-20(15-8-9-18(19(12-15)27(30)31)26-14-22-13-23-26)24-17-7-3-2-6-16(17)21(29)25-10-4-1-5-11-25/h2-3,6-9,12-14H,1,4-5,10-11H2,(H,24,28). The van der Waals surface area contributed by atoms with Gasteiger partial charge in [-0.1, -0.05) is 12.1 Å². The molecular weight excluding hydrogens is 400 g/mol. The highest BCUT2D eigenvalue weighted by Crippen LogP contribution is 2.25. The van der Waals surface area contributed by atoms with Gasteiger partial charge < -0.3 is 10.2 Å². The summed E-state index contributed by atoms with van der Waals surface area (Å²) in [5, 5.41) is 18.2. The van der Waals surface area contributed by atoms with Crippen molar-refractivity contribution in [1.29, 1.82) is 0 Å². The molecule has 0 unspecified atom stereocenters. The number of likely N-dealkylation sites (tertiary alicyclic amines) is 1. The lowest BCUT2D eigenvalue weighted by molar-refractivity contribution is -0.384. The van der Waals surface area contributed by atoms with Crippen molar-refractivity contribution in [2.45, 2.75) is 19.3 Å². The number of nitro groups is 1. The first kappa shape index (κ1) is 20.2. The van der Waals surface area contributed by atoms with Crippen molar-refractivity contribution in [3.8, 4) is 5.69 Å². The van der Waals surface area contributed by atoms with E-state index in [1.165, 1.54) is 35.5 Å². The molecule has 0 saturated carbocycles. The number of hydrogen-bond acceptors (Lipinski definition) is 6. The Morgan fingerprint density at radius 2 is 1.84 bits per heavy atom. The van der Waals surface area contributed by atoms with Crippen LogP contribution < -0.4 is 5.32 Å². The van der Waals surface area contributed by atoms with Crippen molar-refractivity contribution in [3.63, 3.8) is 0 Å². The van der Waals surface area contributed by atoms with Gasteiger partial charge >= 0.3 is 0 Å². The van der Waals surface area contributed by atoms with Crippen LogP contribution in [0.25, 0.3) is 5.69 Å². The molecule has 2 aromatic carbocycles. The highest BCUT2D eigenvalue weighted by atomic mass is 16.6. The van der Waals surface area contributed by atoms with Gasteiger partial charge in [0.1, 0.15) is 18.3 Å². The van der Waals surface area contributed by atoms with Gasteiger partial charge in [-0.15, -0.1) is 0 Å². The maximum absolute atomic E-state index is 12.9. The van der Waals surface area contributed by atoms with Crippen LogP contribution in [0.5, 0.6) is 0 Å². The Bertz CT molecular complexity index is 1120. The number of carbonyl (C=O) groups excluding carboxylic acids is 2. The lowest BCUT2D eigenvalue weighted by Gasteiger charge is -2.27. The van der Waals surface area contributed by atoms with Gasteiger partial charge in [-0.25, -0.2) is 9.67 Å². The Morgan fingerprint density at radius 3 is 2.55 bits per heavy atom. The molecule has 2 amide bonds. The molecular formula is C21H20N6O4. The summed E-state index contributed by atoms with van der Waals surface area (Å²) in [5.74, 6) is -0.685. The number of piperidine rings is 1. The Balaban J connectivity index is 1.60. The zero-order valence-corrected chi connectivity index (χ0v) is 16.6. The van der Waals surface area contributed by atoms with Crippen LogP contribution in [0.2, 0.25) is 0 Å². The number of benzene rings is 2. The van der Waals surface area contributed by atoms with Crippen molar-refractivity contribution < 1.29 is 14.5 Å². The van der Waals surface area contributed by atoms with E-state index in [1.54, 1.807) is 29.2 Å². The van der Waals surface area contributed by atoms with E-state index in [-0.39, 0.29) is 22.8 Å². The van der Waals surface area contributed by atoms with Crippen LogP contribution in [0.15, 0.2) is 55.1 Å². The second-order valence-electron chi connectivity index (χ2n) is 7.15. The van der Waals surface area contributed by atoms with E-state index in [2.05, 4.69) is 15.4 Å². The number of anilines is 1. The normalized spacial score (nSPS) is 13.6. The van der Waals surface area contributed by atoms with Crippen molar-refractivity contribution in [2.75, 3.05) is 18.4 Å². The predicted molar refractivity (Wildman–Crippen MR) is 112 cm³/mol. The van der Waals surface area contributed by atoms with Gasteiger partial charge in [0.15, 0.2) is 0 Å². The molecule has 1 aliphatic rings. The van der Waals surface area contributed by atoms with Crippen LogP contribution in [0, 0.1) is 10.1 Å². The second kappa shape index (κ2) is 8.74. The molecule has 1 aliphatic heterocycles. The van der Waals surface area contributed by atoms with E-state index in [0.717, 1.165) is 19.3 Å². The smallest absolute Gasteiger partial charge is 0.295 e. The zero-order valence-electron chi connectivity index (χ0n) is 16.6. The number of nitro benzene ring substituents is 1. The number of carbonyl (C=O) groups is 2. The molecule has 31 heavy (non-hydrogen) atoms. The molecule has 1 saturated heterocycles. The summed E-state index contributed by atoms with van der Waals surface area (Å²) >= 11 is 0. The molecule has 0 radical (unpaired) electrons. The molecule has 10 nitrogen and oxygen atoms in total. The maximum atomic E-state index is 12.9. The molecule has 4 rings (SSSR count). The van der Waals surface area contributed by atoms with Gasteiger partial charge in [0.2, 0.25) is 0 Å². The molecule has 3 aromatic rings. The molecule has 158 valence electrons. The predicted octanol–water partition coefficient (Wildman–Crippen LogP) is 3.05. The molecule has 0 spiro atoms. The van der Waals surface area contributed by atoms with Gasteiger partial charge in [-0.3, -0.25) is 19.7 Å². The molecule has 1 fully saturated rings. The van der Waals surface area contributed by atoms with Crippen molar-refractivity contribution in [1.82, 2.24) is 19.7 Å². The Kier molecular flexibility index (Phi) is 5.69. The average molecular weight is 420 g/mol. The van der Waals surface area contributed by atoms with E-state index in [9.17, 15) is 19.7 Å². The minimum atomic E-state index is -0.582. The van der Waals surface area contributed by atoms with E-state index < -0.39 is 10.8 Å². The Morgan fingerprint density at radius 1 is 1.06 bits per heavy atom. The summed E-state index contributed by atoms with van der Waals surface area (Å²) in [5.41, 5.74) is 0.768. The van der Waals surface area contributed by atoms with Gasteiger partial charge in [0.05, 0.1) is 16.2 Å². The molecule has 1 aromatic heterocycles. The number of nitrogens with zero attached hydrogens (tertiary/aromatic N) is 5. The average Bonchev–Trinajstić information content (AvgIpc) is 3.34. The Hall–Kier alpha value is -4.08. The van der Waals surface area contributed by atoms with Gasteiger partial charge in [0.25, 0.3) is 17.5 Å². The molecule has 1 N–H and O–H groups in total. The molecule has 2 heterocycles. The topological polar surface area (TPSA) is 123 Å². The van der Waals surface area contributed by atoms with E-state index >= 15 is 0 Å². The van der Waals surface area contributed by atoms with Crippen LogP contribution in [0.3, 0.4) is 0 Å². The largest absolute Gasteiger partial charge is 0.339 e. The van der Waals surface area contributed by atoms with Gasteiger partial charge in [-0.05, 0) is 43.5 Å². The first-order chi connectivity index (χ1) is 15.0. The molecule has 0 bridgehead atoms. The van der Waals surface area contributed by atoms with Crippen molar-refractivity contribution in [3.05, 3.63) is 76.4 Å². The summed E-state index contributed by atoms with van der Waals surface area (Å²) in [4.78, 5) is 42.3. The number of nitrogens with one attached hydrogen (secondary N) is 1. The summed E-state index contributed by atoms with van der Waals surface area (Å²) in [7, 11) is 0. The third kappa shape index (κ3) is 4.27. The minimum Gasteiger partial charge on any atom is -0.339 e. The van der Waals surface area contributed by atoms with Crippen molar-refractivity contribution in [2.24, 2.45) is 0 Å². The lowest BCUT2D eigenvalue weighted by Crippen LogP contribution is -2.36. The van der Waals surface area contributed by atoms with Crippen LogP contribution in [0.4, 0.5) is 11.4 Å². The maximum Gasteiger partial charge on any atom is 0.295 e. The zero-order chi connectivity index (χ0) is 21.8.